The second-order valence-electron chi connectivity index (χ2n) is 4.66. The van der Waals surface area contributed by atoms with E-state index in [1.807, 2.05) is 12.1 Å². The van der Waals surface area contributed by atoms with Gasteiger partial charge in [0, 0.05) is 12.2 Å². The molecule has 98 valence electrons. The van der Waals surface area contributed by atoms with E-state index in [2.05, 4.69) is 60.9 Å². The summed E-state index contributed by atoms with van der Waals surface area (Å²) in [6.45, 7) is 4.88. The monoisotopic (exact) mass is 270 g/mol. The molecule has 19 heavy (non-hydrogen) atoms. The maximum Gasteiger partial charge on any atom is 0.171 e. The fraction of sp³-hybridized carbons (Fsp3) is 0.188. The topological polar surface area (TPSA) is 24.1 Å². The molecule has 2 rings (SSSR count). The summed E-state index contributed by atoms with van der Waals surface area (Å²) in [6, 6.07) is 16.6. The molecule has 0 bridgehead atoms. The summed E-state index contributed by atoms with van der Waals surface area (Å²) < 4.78 is 0. The molecule has 3 heteroatoms. The predicted molar refractivity (Wildman–Crippen MR) is 85.4 cm³/mol. The van der Waals surface area contributed by atoms with Gasteiger partial charge in [0.15, 0.2) is 5.11 Å². The van der Waals surface area contributed by atoms with Crippen molar-refractivity contribution < 1.29 is 0 Å². The number of nitrogens with one attached hydrogen (secondary N) is 2. The lowest BCUT2D eigenvalue weighted by molar-refractivity contribution is 0.925. The lowest BCUT2D eigenvalue weighted by Gasteiger charge is -2.11. The quantitative estimate of drug-likeness (QED) is 0.830. The van der Waals surface area contributed by atoms with Gasteiger partial charge in [-0.1, -0.05) is 42.0 Å². The highest BCUT2D eigenvalue weighted by molar-refractivity contribution is 7.80. The molecule has 0 heterocycles. The summed E-state index contributed by atoms with van der Waals surface area (Å²) in [5.74, 6) is 0. The first-order valence-electron chi connectivity index (χ1n) is 6.30. The molecule has 0 aliphatic carbocycles. The third-order valence-corrected chi connectivity index (χ3v) is 3.10. The van der Waals surface area contributed by atoms with Crippen LogP contribution < -0.4 is 10.6 Å². The van der Waals surface area contributed by atoms with Crippen molar-refractivity contribution in [1.29, 1.82) is 0 Å². The van der Waals surface area contributed by atoms with Crippen LogP contribution >= 0.6 is 12.2 Å². The van der Waals surface area contributed by atoms with Gasteiger partial charge in [-0.2, -0.15) is 0 Å². The van der Waals surface area contributed by atoms with Crippen molar-refractivity contribution in [1.82, 2.24) is 5.32 Å². The average molecular weight is 270 g/mol. The van der Waals surface area contributed by atoms with E-state index in [4.69, 9.17) is 12.2 Å². The van der Waals surface area contributed by atoms with Crippen LogP contribution in [0.4, 0.5) is 5.69 Å². The van der Waals surface area contributed by atoms with Gasteiger partial charge in [-0.25, -0.2) is 0 Å². The smallest absolute Gasteiger partial charge is 0.171 e. The summed E-state index contributed by atoms with van der Waals surface area (Å²) in [7, 11) is 0. The molecule has 2 N–H and O–H groups in total. The van der Waals surface area contributed by atoms with E-state index in [1.165, 1.54) is 16.7 Å². The van der Waals surface area contributed by atoms with E-state index in [0.29, 0.717) is 5.11 Å². The third-order valence-electron chi connectivity index (χ3n) is 2.85. The second-order valence-corrected chi connectivity index (χ2v) is 5.07. The minimum absolute atomic E-state index is 0.645. The van der Waals surface area contributed by atoms with Gasteiger partial charge in [0.1, 0.15) is 0 Å². The van der Waals surface area contributed by atoms with Crippen LogP contribution in [0.5, 0.6) is 0 Å². The molecule has 0 radical (unpaired) electrons. The summed E-state index contributed by atoms with van der Waals surface area (Å²) in [6.07, 6.45) is 0. The van der Waals surface area contributed by atoms with Gasteiger partial charge in [-0.15, -0.1) is 0 Å². The van der Waals surface area contributed by atoms with Crippen LogP contribution in [-0.4, -0.2) is 5.11 Å². The average Bonchev–Trinajstić information content (AvgIpc) is 2.38. The van der Waals surface area contributed by atoms with E-state index in [0.717, 1.165) is 12.2 Å². The van der Waals surface area contributed by atoms with Crippen molar-refractivity contribution in [3.8, 4) is 0 Å². The van der Waals surface area contributed by atoms with E-state index in [1.54, 1.807) is 0 Å². The SMILES string of the molecule is Cc1ccc(CNC(=S)Nc2cccc(C)c2)cc1. The summed E-state index contributed by atoms with van der Waals surface area (Å²) in [5.41, 5.74) is 4.72. The van der Waals surface area contributed by atoms with E-state index < -0.39 is 0 Å². The Morgan fingerprint density at radius 2 is 1.74 bits per heavy atom. The molecule has 0 atom stereocenters. The molecule has 0 saturated carbocycles. The highest BCUT2D eigenvalue weighted by Crippen LogP contribution is 2.09. The van der Waals surface area contributed by atoms with Crippen molar-refractivity contribution in [2.24, 2.45) is 0 Å². The largest absolute Gasteiger partial charge is 0.358 e. The number of rotatable bonds is 3. The van der Waals surface area contributed by atoms with Gasteiger partial charge in [-0.3, -0.25) is 0 Å². The standard InChI is InChI=1S/C16H18N2S/c1-12-6-8-14(9-7-12)11-17-16(19)18-15-5-3-4-13(2)10-15/h3-10H,11H2,1-2H3,(H2,17,18,19). The Kier molecular flexibility index (Phi) is 4.53. The van der Waals surface area contributed by atoms with Crippen molar-refractivity contribution in [3.05, 3.63) is 65.2 Å². The molecular weight excluding hydrogens is 252 g/mol. The van der Waals surface area contributed by atoms with Crippen LogP contribution in [0.25, 0.3) is 0 Å². The Bertz CT molecular complexity index is 561. The van der Waals surface area contributed by atoms with Gasteiger partial charge in [0.2, 0.25) is 0 Å². The van der Waals surface area contributed by atoms with Crippen LogP contribution in [0.2, 0.25) is 0 Å². The Morgan fingerprint density at radius 3 is 2.42 bits per heavy atom. The van der Waals surface area contributed by atoms with E-state index >= 15 is 0 Å². The van der Waals surface area contributed by atoms with Crippen LogP contribution in [-0.2, 0) is 6.54 Å². The Morgan fingerprint density at radius 1 is 1.00 bits per heavy atom. The van der Waals surface area contributed by atoms with Crippen molar-refractivity contribution in [2.45, 2.75) is 20.4 Å². The Balaban J connectivity index is 1.86. The van der Waals surface area contributed by atoms with Crippen molar-refractivity contribution in [3.63, 3.8) is 0 Å². The molecule has 2 aromatic rings. The summed E-state index contributed by atoms with van der Waals surface area (Å²) in [5, 5.41) is 7.04. The molecule has 0 aromatic heterocycles. The minimum Gasteiger partial charge on any atom is -0.358 e. The number of aryl methyl sites for hydroxylation is 2. The zero-order valence-electron chi connectivity index (χ0n) is 11.2. The van der Waals surface area contributed by atoms with Gasteiger partial charge in [0.25, 0.3) is 0 Å². The van der Waals surface area contributed by atoms with Crippen LogP contribution in [0.3, 0.4) is 0 Å². The number of benzene rings is 2. The lowest BCUT2D eigenvalue weighted by Crippen LogP contribution is -2.27. The second kappa shape index (κ2) is 6.34. The molecule has 0 aliphatic rings. The Hall–Kier alpha value is -1.87. The van der Waals surface area contributed by atoms with Crippen LogP contribution in [0, 0.1) is 13.8 Å². The molecule has 2 aromatic carbocycles. The normalized spacial score (nSPS) is 10.0. The molecule has 0 saturated heterocycles. The van der Waals surface area contributed by atoms with Gasteiger partial charge in [-0.05, 0) is 49.3 Å². The molecule has 0 amide bonds. The Labute approximate surface area is 119 Å². The first kappa shape index (κ1) is 13.6. The zero-order valence-corrected chi connectivity index (χ0v) is 12.1. The third kappa shape index (κ3) is 4.38. The van der Waals surface area contributed by atoms with E-state index in [-0.39, 0.29) is 0 Å². The molecular formula is C16H18N2S. The fourth-order valence-electron chi connectivity index (χ4n) is 1.79. The van der Waals surface area contributed by atoms with Crippen molar-refractivity contribution in [2.75, 3.05) is 5.32 Å². The first-order chi connectivity index (χ1) is 9.13. The molecule has 0 unspecified atom stereocenters. The van der Waals surface area contributed by atoms with Crippen molar-refractivity contribution >= 4 is 23.0 Å². The predicted octanol–water partition coefficient (Wildman–Crippen LogP) is 3.79. The molecule has 2 nitrogen and oxygen atoms in total. The van der Waals surface area contributed by atoms with E-state index in [9.17, 15) is 0 Å². The molecule has 0 spiro atoms. The molecule has 0 aliphatic heterocycles. The number of hydrogen-bond donors (Lipinski definition) is 2. The first-order valence-corrected chi connectivity index (χ1v) is 6.71. The maximum atomic E-state index is 5.28. The number of hydrogen-bond acceptors (Lipinski definition) is 1. The van der Waals surface area contributed by atoms with Gasteiger partial charge >= 0.3 is 0 Å². The lowest BCUT2D eigenvalue weighted by atomic mass is 10.1. The zero-order chi connectivity index (χ0) is 13.7. The highest BCUT2D eigenvalue weighted by Gasteiger charge is 1.98. The molecule has 0 fully saturated rings. The number of anilines is 1. The highest BCUT2D eigenvalue weighted by atomic mass is 32.1. The van der Waals surface area contributed by atoms with Crippen LogP contribution in [0.15, 0.2) is 48.5 Å². The minimum atomic E-state index is 0.645. The van der Waals surface area contributed by atoms with Crippen LogP contribution in [0.1, 0.15) is 16.7 Å². The number of thiocarbonyl (C=S) groups is 1. The van der Waals surface area contributed by atoms with Gasteiger partial charge in [0.05, 0.1) is 0 Å². The summed E-state index contributed by atoms with van der Waals surface area (Å²) >= 11 is 5.28. The maximum absolute atomic E-state index is 5.28. The van der Waals surface area contributed by atoms with Gasteiger partial charge < -0.3 is 10.6 Å². The fourth-order valence-corrected chi connectivity index (χ4v) is 1.98. The summed E-state index contributed by atoms with van der Waals surface area (Å²) in [4.78, 5) is 0.